The standard InChI is InChI=1S/C17H16ClN3/c18-16-6-3-4-14(10-16)11-20-12-15-5-1-2-7-17(15)21-9-8-19-13-21/h1-10,13,20H,11-12H2. The Hall–Kier alpha value is -2.10. The lowest BCUT2D eigenvalue weighted by Crippen LogP contribution is -2.14. The minimum atomic E-state index is 0.771. The Morgan fingerprint density at radius 1 is 1.05 bits per heavy atom. The van der Waals surface area contributed by atoms with Gasteiger partial charge in [-0.3, -0.25) is 0 Å². The lowest BCUT2D eigenvalue weighted by molar-refractivity contribution is 0.690. The third-order valence-corrected chi connectivity index (χ3v) is 3.54. The molecular weight excluding hydrogens is 282 g/mol. The lowest BCUT2D eigenvalue weighted by Gasteiger charge is -2.11. The van der Waals surface area contributed by atoms with Gasteiger partial charge in [0.2, 0.25) is 0 Å². The molecule has 0 aliphatic carbocycles. The molecule has 2 aromatic carbocycles. The average Bonchev–Trinajstić information content (AvgIpc) is 3.02. The minimum Gasteiger partial charge on any atom is -0.309 e. The zero-order chi connectivity index (χ0) is 14.5. The quantitative estimate of drug-likeness (QED) is 0.776. The molecule has 1 N–H and O–H groups in total. The first-order valence-electron chi connectivity index (χ1n) is 6.84. The van der Waals surface area contributed by atoms with Gasteiger partial charge in [-0.15, -0.1) is 0 Å². The number of nitrogens with zero attached hydrogens (tertiary/aromatic N) is 2. The van der Waals surface area contributed by atoms with Crippen molar-refractivity contribution in [2.75, 3.05) is 0 Å². The van der Waals surface area contributed by atoms with Crippen LogP contribution in [0.3, 0.4) is 0 Å². The first-order chi connectivity index (χ1) is 10.3. The Morgan fingerprint density at radius 3 is 2.76 bits per heavy atom. The Kier molecular flexibility index (Phi) is 4.34. The summed E-state index contributed by atoms with van der Waals surface area (Å²) in [5.41, 5.74) is 3.56. The van der Waals surface area contributed by atoms with E-state index in [1.54, 1.807) is 6.20 Å². The van der Waals surface area contributed by atoms with Crippen LogP contribution >= 0.6 is 11.6 Å². The van der Waals surface area contributed by atoms with Gasteiger partial charge in [-0.25, -0.2) is 4.98 Å². The second-order valence-electron chi connectivity index (χ2n) is 4.83. The maximum absolute atomic E-state index is 6.00. The maximum atomic E-state index is 6.00. The average molecular weight is 298 g/mol. The summed E-state index contributed by atoms with van der Waals surface area (Å²) >= 11 is 6.00. The zero-order valence-electron chi connectivity index (χ0n) is 11.5. The number of hydrogen-bond donors (Lipinski definition) is 1. The van der Waals surface area contributed by atoms with Crippen LogP contribution in [-0.2, 0) is 13.1 Å². The van der Waals surface area contributed by atoms with Crippen molar-refractivity contribution in [1.29, 1.82) is 0 Å². The van der Waals surface area contributed by atoms with Crippen LogP contribution < -0.4 is 5.32 Å². The lowest BCUT2D eigenvalue weighted by atomic mass is 10.1. The van der Waals surface area contributed by atoms with Crippen LogP contribution in [-0.4, -0.2) is 9.55 Å². The first-order valence-corrected chi connectivity index (χ1v) is 7.22. The van der Waals surface area contributed by atoms with E-state index in [1.807, 2.05) is 41.4 Å². The Morgan fingerprint density at radius 2 is 1.95 bits per heavy atom. The number of benzene rings is 2. The van der Waals surface area contributed by atoms with Crippen LogP contribution in [0.5, 0.6) is 0 Å². The highest BCUT2D eigenvalue weighted by Crippen LogP contribution is 2.14. The van der Waals surface area contributed by atoms with E-state index < -0.39 is 0 Å². The van der Waals surface area contributed by atoms with Gasteiger partial charge in [0.1, 0.15) is 0 Å². The Bertz CT molecular complexity index is 708. The van der Waals surface area contributed by atoms with Crippen LogP contribution in [0, 0.1) is 0 Å². The van der Waals surface area contributed by atoms with E-state index in [0.29, 0.717) is 0 Å². The third-order valence-electron chi connectivity index (χ3n) is 3.31. The van der Waals surface area contributed by atoms with Crippen molar-refractivity contribution in [3.8, 4) is 5.69 Å². The molecule has 0 spiro atoms. The zero-order valence-corrected chi connectivity index (χ0v) is 12.3. The van der Waals surface area contributed by atoms with Crippen LogP contribution in [0.15, 0.2) is 67.3 Å². The molecule has 0 saturated carbocycles. The van der Waals surface area contributed by atoms with Gasteiger partial charge in [0.15, 0.2) is 0 Å². The third kappa shape index (κ3) is 3.51. The maximum Gasteiger partial charge on any atom is 0.0991 e. The van der Waals surface area contributed by atoms with Gasteiger partial charge in [-0.1, -0.05) is 41.9 Å². The number of hydrogen-bond acceptors (Lipinski definition) is 2. The highest BCUT2D eigenvalue weighted by Gasteiger charge is 2.03. The number of imidazole rings is 1. The smallest absolute Gasteiger partial charge is 0.0991 e. The van der Waals surface area contributed by atoms with Crippen LogP contribution in [0.25, 0.3) is 5.69 Å². The molecule has 0 saturated heterocycles. The first kappa shape index (κ1) is 13.9. The Labute approximate surface area is 129 Å². The van der Waals surface area contributed by atoms with Crippen LogP contribution in [0.2, 0.25) is 5.02 Å². The number of aromatic nitrogens is 2. The van der Waals surface area contributed by atoms with Crippen LogP contribution in [0.4, 0.5) is 0 Å². The molecule has 3 aromatic rings. The van der Waals surface area contributed by atoms with E-state index in [2.05, 4.69) is 34.6 Å². The molecule has 106 valence electrons. The van der Waals surface area contributed by atoms with E-state index in [9.17, 15) is 0 Å². The van der Waals surface area contributed by atoms with Crippen molar-refractivity contribution < 1.29 is 0 Å². The van der Waals surface area contributed by atoms with Gasteiger partial charge >= 0.3 is 0 Å². The molecule has 0 aliphatic rings. The van der Waals surface area contributed by atoms with Gasteiger partial charge in [-0.05, 0) is 29.3 Å². The predicted molar refractivity (Wildman–Crippen MR) is 85.6 cm³/mol. The molecule has 3 rings (SSSR count). The second-order valence-corrected chi connectivity index (χ2v) is 5.27. The molecule has 4 heteroatoms. The fourth-order valence-corrected chi connectivity index (χ4v) is 2.52. The summed E-state index contributed by atoms with van der Waals surface area (Å²) in [5, 5.41) is 4.23. The minimum absolute atomic E-state index is 0.771. The Balaban J connectivity index is 1.69. The van der Waals surface area contributed by atoms with E-state index >= 15 is 0 Å². The molecule has 0 bridgehead atoms. The number of rotatable bonds is 5. The summed E-state index contributed by atoms with van der Waals surface area (Å²) in [4.78, 5) is 4.11. The summed E-state index contributed by atoms with van der Waals surface area (Å²) in [5.74, 6) is 0. The highest BCUT2D eigenvalue weighted by atomic mass is 35.5. The van der Waals surface area contributed by atoms with E-state index in [1.165, 1.54) is 11.1 Å². The normalized spacial score (nSPS) is 10.7. The number of halogens is 1. The summed E-state index contributed by atoms with van der Waals surface area (Å²) in [6, 6.07) is 16.2. The summed E-state index contributed by atoms with van der Waals surface area (Å²) in [6.07, 6.45) is 5.56. The monoisotopic (exact) mass is 297 g/mol. The van der Waals surface area contributed by atoms with Crippen molar-refractivity contribution >= 4 is 11.6 Å². The highest BCUT2D eigenvalue weighted by molar-refractivity contribution is 6.30. The number of para-hydroxylation sites is 1. The van der Waals surface area contributed by atoms with Gasteiger partial charge < -0.3 is 9.88 Å². The molecule has 1 aromatic heterocycles. The molecule has 0 amide bonds. The molecule has 0 aliphatic heterocycles. The van der Waals surface area contributed by atoms with E-state index in [0.717, 1.165) is 23.8 Å². The van der Waals surface area contributed by atoms with Crippen molar-refractivity contribution in [2.24, 2.45) is 0 Å². The largest absolute Gasteiger partial charge is 0.309 e. The molecule has 0 atom stereocenters. The fraction of sp³-hybridized carbons (Fsp3) is 0.118. The molecular formula is C17H16ClN3. The van der Waals surface area contributed by atoms with E-state index in [4.69, 9.17) is 11.6 Å². The molecule has 0 fully saturated rings. The molecule has 0 radical (unpaired) electrons. The van der Waals surface area contributed by atoms with Crippen molar-refractivity contribution in [3.05, 3.63) is 83.4 Å². The van der Waals surface area contributed by atoms with Crippen LogP contribution in [0.1, 0.15) is 11.1 Å². The summed E-state index contributed by atoms with van der Waals surface area (Å²) in [6.45, 7) is 1.58. The van der Waals surface area contributed by atoms with Gasteiger partial charge in [0, 0.05) is 30.5 Å². The SMILES string of the molecule is Clc1cccc(CNCc2ccccc2-n2ccnc2)c1. The molecule has 21 heavy (non-hydrogen) atoms. The summed E-state index contributed by atoms with van der Waals surface area (Å²) in [7, 11) is 0. The van der Waals surface area contributed by atoms with Gasteiger partial charge in [0.05, 0.1) is 12.0 Å². The van der Waals surface area contributed by atoms with E-state index in [-0.39, 0.29) is 0 Å². The second kappa shape index (κ2) is 6.57. The van der Waals surface area contributed by atoms with Crippen molar-refractivity contribution in [1.82, 2.24) is 14.9 Å². The van der Waals surface area contributed by atoms with Crippen molar-refractivity contribution in [3.63, 3.8) is 0 Å². The molecule has 3 nitrogen and oxygen atoms in total. The molecule has 0 unspecified atom stereocenters. The predicted octanol–water partition coefficient (Wildman–Crippen LogP) is 3.82. The number of nitrogens with one attached hydrogen (secondary N) is 1. The van der Waals surface area contributed by atoms with Gasteiger partial charge in [-0.2, -0.15) is 0 Å². The topological polar surface area (TPSA) is 29.9 Å². The molecule has 1 heterocycles. The fourth-order valence-electron chi connectivity index (χ4n) is 2.30. The van der Waals surface area contributed by atoms with Crippen molar-refractivity contribution in [2.45, 2.75) is 13.1 Å². The van der Waals surface area contributed by atoms with Gasteiger partial charge in [0.25, 0.3) is 0 Å². The summed E-state index contributed by atoms with van der Waals surface area (Å²) < 4.78 is 2.02.